The highest BCUT2D eigenvalue weighted by molar-refractivity contribution is 7.89. The number of ether oxygens (including phenoxy) is 1. The van der Waals surface area contributed by atoms with Gasteiger partial charge in [-0.2, -0.15) is 0 Å². The molecule has 0 aliphatic carbocycles. The van der Waals surface area contributed by atoms with Gasteiger partial charge in [0.2, 0.25) is 10.0 Å². The maximum absolute atomic E-state index is 12.7. The van der Waals surface area contributed by atoms with Gasteiger partial charge in [-0.3, -0.25) is 0 Å². The number of hydrogen-bond donors (Lipinski definition) is 1. The highest BCUT2D eigenvalue weighted by Crippen LogP contribution is 2.25. The van der Waals surface area contributed by atoms with Crippen LogP contribution in [-0.2, 0) is 16.4 Å². The molecule has 0 aromatic heterocycles. The van der Waals surface area contributed by atoms with Crippen molar-refractivity contribution in [2.75, 3.05) is 7.11 Å². The van der Waals surface area contributed by atoms with E-state index < -0.39 is 10.0 Å². The number of hydrogen-bond acceptors (Lipinski definition) is 3. The molecule has 2 aromatic rings. The SMILES string of the molecule is COc1cc(C)c(S(=O)(=O)NC(C)CCc2ccccc2)cc1C. The van der Waals surface area contributed by atoms with Gasteiger partial charge in [0.1, 0.15) is 5.75 Å². The third-order valence-corrected chi connectivity index (χ3v) is 5.78. The second kappa shape index (κ2) is 7.81. The minimum Gasteiger partial charge on any atom is -0.496 e. The fourth-order valence-electron chi connectivity index (χ4n) is 2.69. The van der Waals surface area contributed by atoms with Crippen LogP contribution < -0.4 is 9.46 Å². The molecular weight excluding hydrogens is 322 g/mol. The lowest BCUT2D eigenvalue weighted by Crippen LogP contribution is -2.33. The van der Waals surface area contributed by atoms with Crippen LogP contribution in [0.5, 0.6) is 5.75 Å². The van der Waals surface area contributed by atoms with E-state index >= 15 is 0 Å². The van der Waals surface area contributed by atoms with Crippen molar-refractivity contribution >= 4 is 10.0 Å². The topological polar surface area (TPSA) is 55.4 Å². The van der Waals surface area contributed by atoms with Crippen LogP contribution in [0.1, 0.15) is 30.0 Å². The number of methoxy groups -OCH3 is 1. The van der Waals surface area contributed by atoms with Gasteiger partial charge < -0.3 is 4.74 Å². The van der Waals surface area contributed by atoms with Crippen molar-refractivity contribution in [3.05, 3.63) is 59.2 Å². The van der Waals surface area contributed by atoms with Gasteiger partial charge in [-0.25, -0.2) is 13.1 Å². The minimum absolute atomic E-state index is 0.142. The Morgan fingerprint density at radius 1 is 1.08 bits per heavy atom. The largest absolute Gasteiger partial charge is 0.496 e. The summed E-state index contributed by atoms with van der Waals surface area (Å²) in [7, 11) is -1.96. The monoisotopic (exact) mass is 347 g/mol. The van der Waals surface area contributed by atoms with Crippen molar-refractivity contribution in [1.29, 1.82) is 0 Å². The summed E-state index contributed by atoms with van der Waals surface area (Å²) in [6.45, 7) is 5.52. The summed E-state index contributed by atoms with van der Waals surface area (Å²) < 4.78 is 33.4. The fourth-order valence-corrected chi connectivity index (χ4v) is 4.28. The first kappa shape index (κ1) is 18.5. The Balaban J connectivity index is 2.09. The molecular formula is C19H25NO3S. The lowest BCUT2D eigenvalue weighted by atomic mass is 10.1. The summed E-state index contributed by atoms with van der Waals surface area (Å²) in [4.78, 5) is 0.312. The van der Waals surface area contributed by atoms with E-state index in [9.17, 15) is 8.42 Å². The Bertz CT molecular complexity index is 786. The molecule has 5 heteroatoms. The van der Waals surface area contributed by atoms with Crippen LogP contribution in [0, 0.1) is 13.8 Å². The Kier molecular flexibility index (Phi) is 6.02. The smallest absolute Gasteiger partial charge is 0.241 e. The molecule has 24 heavy (non-hydrogen) atoms. The first-order valence-electron chi connectivity index (χ1n) is 8.05. The summed E-state index contributed by atoms with van der Waals surface area (Å²) >= 11 is 0. The van der Waals surface area contributed by atoms with Crippen molar-refractivity contribution in [3.63, 3.8) is 0 Å². The van der Waals surface area contributed by atoms with Crippen LogP contribution in [0.15, 0.2) is 47.4 Å². The van der Waals surface area contributed by atoms with Crippen LogP contribution in [0.3, 0.4) is 0 Å². The lowest BCUT2D eigenvalue weighted by molar-refractivity contribution is 0.411. The molecule has 0 aliphatic rings. The van der Waals surface area contributed by atoms with E-state index in [0.29, 0.717) is 16.2 Å². The van der Waals surface area contributed by atoms with Crippen LogP contribution in [0.25, 0.3) is 0 Å². The van der Waals surface area contributed by atoms with Crippen LogP contribution in [-0.4, -0.2) is 21.6 Å². The summed E-state index contributed by atoms with van der Waals surface area (Å²) in [6, 6.07) is 13.4. The molecule has 0 aliphatic heterocycles. The molecule has 0 heterocycles. The zero-order chi connectivity index (χ0) is 17.7. The predicted molar refractivity (Wildman–Crippen MR) is 97.0 cm³/mol. The lowest BCUT2D eigenvalue weighted by Gasteiger charge is -2.17. The second-order valence-corrected chi connectivity index (χ2v) is 7.82. The maximum atomic E-state index is 12.7. The van der Waals surface area contributed by atoms with E-state index in [-0.39, 0.29) is 6.04 Å². The van der Waals surface area contributed by atoms with E-state index in [2.05, 4.69) is 16.9 Å². The van der Waals surface area contributed by atoms with Crippen LogP contribution in [0.4, 0.5) is 0 Å². The first-order chi connectivity index (χ1) is 11.3. The molecule has 1 unspecified atom stereocenters. The fraction of sp³-hybridized carbons (Fsp3) is 0.368. The van der Waals surface area contributed by atoms with E-state index in [4.69, 9.17) is 4.74 Å². The average molecular weight is 347 g/mol. The zero-order valence-corrected chi connectivity index (χ0v) is 15.5. The van der Waals surface area contributed by atoms with Gasteiger partial charge in [-0.05, 0) is 62.4 Å². The summed E-state index contributed by atoms with van der Waals surface area (Å²) in [6.07, 6.45) is 1.59. The Morgan fingerprint density at radius 3 is 2.38 bits per heavy atom. The van der Waals surface area contributed by atoms with E-state index in [0.717, 1.165) is 18.4 Å². The summed E-state index contributed by atoms with van der Waals surface area (Å²) in [5.41, 5.74) is 2.70. The van der Waals surface area contributed by atoms with Crippen molar-refractivity contribution in [3.8, 4) is 5.75 Å². The van der Waals surface area contributed by atoms with Gasteiger partial charge in [0.25, 0.3) is 0 Å². The highest BCUT2D eigenvalue weighted by Gasteiger charge is 2.21. The molecule has 0 spiro atoms. The molecule has 0 bridgehead atoms. The van der Waals surface area contributed by atoms with Gasteiger partial charge in [-0.1, -0.05) is 30.3 Å². The molecule has 2 aromatic carbocycles. The van der Waals surface area contributed by atoms with Crippen LogP contribution in [0.2, 0.25) is 0 Å². The molecule has 0 amide bonds. The van der Waals surface area contributed by atoms with E-state index in [1.54, 1.807) is 26.2 Å². The van der Waals surface area contributed by atoms with Gasteiger partial charge in [-0.15, -0.1) is 0 Å². The molecule has 130 valence electrons. The minimum atomic E-state index is -3.55. The van der Waals surface area contributed by atoms with Crippen molar-refractivity contribution in [2.24, 2.45) is 0 Å². The average Bonchev–Trinajstić information content (AvgIpc) is 2.55. The quantitative estimate of drug-likeness (QED) is 0.832. The van der Waals surface area contributed by atoms with Crippen molar-refractivity contribution in [2.45, 2.75) is 44.6 Å². The number of rotatable bonds is 7. The second-order valence-electron chi connectivity index (χ2n) is 6.13. The number of sulfonamides is 1. The number of aryl methyl sites for hydroxylation is 3. The molecule has 1 atom stereocenters. The molecule has 0 saturated heterocycles. The standard InChI is InChI=1S/C19H25NO3S/c1-14-13-19(15(2)12-18(14)23-4)24(21,22)20-16(3)10-11-17-8-6-5-7-9-17/h5-9,12-13,16,20H,10-11H2,1-4H3. The Hall–Kier alpha value is -1.85. The summed E-state index contributed by atoms with van der Waals surface area (Å²) in [5.74, 6) is 0.698. The third kappa shape index (κ3) is 4.58. The maximum Gasteiger partial charge on any atom is 0.241 e. The normalized spacial score (nSPS) is 12.8. The molecule has 0 fully saturated rings. The zero-order valence-electron chi connectivity index (χ0n) is 14.7. The molecule has 2 rings (SSSR count). The van der Waals surface area contributed by atoms with E-state index in [1.807, 2.05) is 32.0 Å². The highest BCUT2D eigenvalue weighted by atomic mass is 32.2. The Morgan fingerprint density at radius 2 is 1.75 bits per heavy atom. The summed E-state index contributed by atoms with van der Waals surface area (Å²) in [5, 5.41) is 0. The molecule has 1 N–H and O–H groups in total. The first-order valence-corrected chi connectivity index (χ1v) is 9.53. The van der Waals surface area contributed by atoms with Gasteiger partial charge in [0, 0.05) is 6.04 Å². The number of benzene rings is 2. The van der Waals surface area contributed by atoms with Crippen LogP contribution >= 0.6 is 0 Å². The van der Waals surface area contributed by atoms with Gasteiger partial charge in [0.15, 0.2) is 0 Å². The molecule has 4 nitrogen and oxygen atoms in total. The third-order valence-electron chi connectivity index (χ3n) is 4.05. The van der Waals surface area contributed by atoms with E-state index in [1.165, 1.54) is 5.56 Å². The van der Waals surface area contributed by atoms with Gasteiger partial charge in [0.05, 0.1) is 12.0 Å². The van der Waals surface area contributed by atoms with Crippen molar-refractivity contribution in [1.82, 2.24) is 4.72 Å². The predicted octanol–water partition coefficient (Wildman–Crippen LogP) is 3.61. The molecule has 0 saturated carbocycles. The number of nitrogens with one attached hydrogen (secondary N) is 1. The van der Waals surface area contributed by atoms with Crippen molar-refractivity contribution < 1.29 is 13.2 Å². The van der Waals surface area contributed by atoms with Gasteiger partial charge >= 0.3 is 0 Å². The molecule has 0 radical (unpaired) electrons. The Labute approximate surface area is 144 Å².